The lowest BCUT2D eigenvalue weighted by Gasteiger charge is -2.38. The molecular weight excluding hydrogens is 292 g/mol. The first kappa shape index (κ1) is 16.7. The third-order valence-corrected chi connectivity index (χ3v) is 5.57. The lowest BCUT2D eigenvalue weighted by Crippen LogP contribution is -2.54. The van der Waals surface area contributed by atoms with Gasteiger partial charge in [0.1, 0.15) is 0 Å². The third kappa shape index (κ3) is 4.23. The predicted molar refractivity (Wildman–Crippen MR) is 88.8 cm³/mol. The van der Waals surface area contributed by atoms with Crippen LogP contribution in [-0.4, -0.2) is 78.4 Å². The standard InChI is InChI=1S/C17H30N4O2/c18-15-5-3-4-14(12-15)17(23)21-10-8-20(9-11-21)16(22)13-19-6-1-2-7-19/h14-15H,1-13,18H2. The number of carbonyl (C=O) groups excluding carboxylic acids is 2. The zero-order valence-electron chi connectivity index (χ0n) is 14.1. The number of nitrogens with zero attached hydrogens (tertiary/aromatic N) is 3. The van der Waals surface area contributed by atoms with Gasteiger partial charge >= 0.3 is 0 Å². The molecule has 130 valence electrons. The Kier molecular flexibility index (Phi) is 5.54. The molecule has 2 aliphatic heterocycles. The van der Waals surface area contributed by atoms with Crippen molar-refractivity contribution in [3.8, 4) is 0 Å². The smallest absolute Gasteiger partial charge is 0.236 e. The van der Waals surface area contributed by atoms with Gasteiger partial charge in [-0.2, -0.15) is 0 Å². The highest BCUT2D eigenvalue weighted by molar-refractivity contribution is 5.81. The highest BCUT2D eigenvalue weighted by Crippen LogP contribution is 2.25. The molecule has 3 aliphatic rings. The van der Waals surface area contributed by atoms with Crippen molar-refractivity contribution in [2.75, 3.05) is 45.8 Å². The van der Waals surface area contributed by atoms with Gasteiger partial charge in [0.25, 0.3) is 0 Å². The number of piperazine rings is 1. The van der Waals surface area contributed by atoms with Crippen LogP contribution in [0.4, 0.5) is 0 Å². The third-order valence-electron chi connectivity index (χ3n) is 5.57. The van der Waals surface area contributed by atoms with Gasteiger partial charge in [0.05, 0.1) is 6.54 Å². The normalized spacial score (nSPS) is 29.8. The van der Waals surface area contributed by atoms with E-state index in [1.165, 1.54) is 12.8 Å². The zero-order valence-corrected chi connectivity index (χ0v) is 14.1. The van der Waals surface area contributed by atoms with Gasteiger partial charge in [0, 0.05) is 38.1 Å². The highest BCUT2D eigenvalue weighted by atomic mass is 16.2. The van der Waals surface area contributed by atoms with Crippen molar-refractivity contribution in [2.24, 2.45) is 11.7 Å². The van der Waals surface area contributed by atoms with E-state index in [2.05, 4.69) is 4.90 Å². The van der Waals surface area contributed by atoms with Gasteiger partial charge in [-0.1, -0.05) is 6.42 Å². The summed E-state index contributed by atoms with van der Waals surface area (Å²) in [5, 5.41) is 0. The number of carbonyl (C=O) groups is 2. The molecule has 0 aromatic carbocycles. The molecule has 0 spiro atoms. The van der Waals surface area contributed by atoms with Crippen molar-refractivity contribution in [3.63, 3.8) is 0 Å². The fraction of sp³-hybridized carbons (Fsp3) is 0.882. The summed E-state index contributed by atoms with van der Waals surface area (Å²) >= 11 is 0. The molecule has 2 N–H and O–H groups in total. The molecule has 6 heteroatoms. The van der Waals surface area contributed by atoms with Crippen LogP contribution in [0.1, 0.15) is 38.5 Å². The summed E-state index contributed by atoms with van der Waals surface area (Å²) in [7, 11) is 0. The van der Waals surface area contributed by atoms with E-state index in [0.717, 1.165) is 38.8 Å². The topological polar surface area (TPSA) is 69.9 Å². The second-order valence-corrected chi connectivity index (χ2v) is 7.31. The van der Waals surface area contributed by atoms with Crippen molar-refractivity contribution in [2.45, 2.75) is 44.6 Å². The first-order chi connectivity index (χ1) is 11.1. The van der Waals surface area contributed by atoms with Crippen LogP contribution in [0.2, 0.25) is 0 Å². The maximum Gasteiger partial charge on any atom is 0.236 e. The van der Waals surface area contributed by atoms with Crippen LogP contribution in [-0.2, 0) is 9.59 Å². The van der Waals surface area contributed by atoms with Crippen molar-refractivity contribution in [3.05, 3.63) is 0 Å². The summed E-state index contributed by atoms with van der Waals surface area (Å²) in [4.78, 5) is 31.1. The SMILES string of the molecule is NC1CCCC(C(=O)N2CCN(C(=O)CN3CCCC3)CC2)C1. The Morgan fingerprint density at radius 3 is 2.17 bits per heavy atom. The van der Waals surface area contributed by atoms with Gasteiger partial charge in [-0.15, -0.1) is 0 Å². The molecule has 2 heterocycles. The van der Waals surface area contributed by atoms with E-state index >= 15 is 0 Å². The van der Waals surface area contributed by atoms with Crippen LogP contribution in [0.25, 0.3) is 0 Å². The largest absolute Gasteiger partial charge is 0.339 e. The Morgan fingerprint density at radius 1 is 0.870 bits per heavy atom. The van der Waals surface area contributed by atoms with Crippen molar-refractivity contribution in [1.29, 1.82) is 0 Å². The van der Waals surface area contributed by atoms with Crippen LogP contribution < -0.4 is 5.73 Å². The molecule has 1 saturated carbocycles. The zero-order chi connectivity index (χ0) is 16.2. The number of nitrogens with two attached hydrogens (primary N) is 1. The lowest BCUT2D eigenvalue weighted by molar-refractivity contribution is -0.143. The van der Waals surface area contributed by atoms with Gasteiger partial charge in [-0.3, -0.25) is 14.5 Å². The van der Waals surface area contributed by atoms with Crippen LogP contribution in [0, 0.1) is 5.92 Å². The van der Waals surface area contributed by atoms with E-state index in [1.807, 2.05) is 9.80 Å². The Bertz CT molecular complexity index is 428. The average molecular weight is 322 g/mol. The monoisotopic (exact) mass is 322 g/mol. The molecule has 0 aromatic heterocycles. The summed E-state index contributed by atoms with van der Waals surface area (Å²) in [6.45, 7) is 5.35. The van der Waals surface area contributed by atoms with E-state index in [4.69, 9.17) is 5.73 Å². The van der Waals surface area contributed by atoms with Gasteiger partial charge < -0.3 is 15.5 Å². The van der Waals surface area contributed by atoms with E-state index < -0.39 is 0 Å². The molecule has 1 aliphatic carbocycles. The molecule has 6 nitrogen and oxygen atoms in total. The molecular formula is C17H30N4O2. The predicted octanol–water partition coefficient (Wildman–Crippen LogP) is 0.271. The first-order valence-corrected chi connectivity index (χ1v) is 9.18. The summed E-state index contributed by atoms with van der Waals surface area (Å²) in [6.07, 6.45) is 6.32. The van der Waals surface area contributed by atoms with Crippen LogP contribution >= 0.6 is 0 Å². The van der Waals surface area contributed by atoms with Gasteiger partial charge in [0.15, 0.2) is 0 Å². The molecule has 3 fully saturated rings. The minimum atomic E-state index is 0.102. The summed E-state index contributed by atoms with van der Waals surface area (Å²) in [6, 6.07) is 0.182. The second kappa shape index (κ2) is 7.62. The van der Waals surface area contributed by atoms with Gasteiger partial charge in [-0.05, 0) is 45.2 Å². The molecule has 0 bridgehead atoms. The Balaban J connectivity index is 1.44. The quantitative estimate of drug-likeness (QED) is 0.810. The Morgan fingerprint density at radius 2 is 1.52 bits per heavy atom. The summed E-state index contributed by atoms with van der Waals surface area (Å²) < 4.78 is 0. The molecule has 23 heavy (non-hydrogen) atoms. The maximum absolute atomic E-state index is 12.6. The summed E-state index contributed by atoms with van der Waals surface area (Å²) in [5.74, 6) is 0.580. The molecule has 2 unspecified atom stereocenters. The number of likely N-dealkylation sites (tertiary alicyclic amines) is 1. The van der Waals surface area contributed by atoms with Crippen LogP contribution in [0.5, 0.6) is 0 Å². The molecule has 2 atom stereocenters. The minimum absolute atomic E-state index is 0.102. The summed E-state index contributed by atoms with van der Waals surface area (Å²) in [5.41, 5.74) is 6.00. The number of amides is 2. The highest BCUT2D eigenvalue weighted by Gasteiger charge is 2.31. The molecule has 3 rings (SSSR count). The van der Waals surface area contributed by atoms with Crippen molar-refractivity contribution >= 4 is 11.8 Å². The van der Waals surface area contributed by atoms with E-state index in [0.29, 0.717) is 32.7 Å². The molecule has 0 radical (unpaired) electrons. The first-order valence-electron chi connectivity index (χ1n) is 9.18. The number of rotatable bonds is 3. The second-order valence-electron chi connectivity index (χ2n) is 7.31. The number of hydrogen-bond donors (Lipinski definition) is 1. The lowest BCUT2D eigenvalue weighted by atomic mass is 9.85. The Hall–Kier alpha value is -1.14. The maximum atomic E-state index is 12.6. The fourth-order valence-electron chi connectivity index (χ4n) is 4.12. The van der Waals surface area contributed by atoms with Gasteiger partial charge in [-0.25, -0.2) is 0 Å². The van der Waals surface area contributed by atoms with Crippen molar-refractivity contribution in [1.82, 2.24) is 14.7 Å². The van der Waals surface area contributed by atoms with E-state index in [9.17, 15) is 9.59 Å². The fourth-order valence-corrected chi connectivity index (χ4v) is 4.12. The molecule has 2 saturated heterocycles. The van der Waals surface area contributed by atoms with E-state index in [-0.39, 0.29) is 23.8 Å². The average Bonchev–Trinajstić information content (AvgIpc) is 3.07. The minimum Gasteiger partial charge on any atom is -0.339 e. The number of hydrogen-bond acceptors (Lipinski definition) is 4. The van der Waals surface area contributed by atoms with E-state index in [1.54, 1.807) is 0 Å². The molecule has 2 amide bonds. The Labute approximate surface area is 139 Å². The van der Waals surface area contributed by atoms with Crippen LogP contribution in [0.3, 0.4) is 0 Å². The molecule has 0 aromatic rings. The van der Waals surface area contributed by atoms with Crippen LogP contribution in [0.15, 0.2) is 0 Å². The van der Waals surface area contributed by atoms with Gasteiger partial charge in [0.2, 0.25) is 11.8 Å². The van der Waals surface area contributed by atoms with Crippen molar-refractivity contribution < 1.29 is 9.59 Å².